The lowest BCUT2D eigenvalue weighted by Gasteiger charge is -2.34. The number of aromatic nitrogens is 3. The maximum absolute atomic E-state index is 11.4. The zero-order valence-corrected chi connectivity index (χ0v) is 17.1. The zero-order chi connectivity index (χ0) is 19.8. The van der Waals surface area contributed by atoms with Gasteiger partial charge < -0.3 is 15.0 Å². The first-order valence-corrected chi connectivity index (χ1v) is 10.5. The van der Waals surface area contributed by atoms with Crippen LogP contribution in [-0.2, 0) is 4.79 Å². The molecule has 28 heavy (non-hydrogen) atoms. The Labute approximate surface area is 166 Å². The first kappa shape index (κ1) is 19.2. The number of piperidine rings is 1. The van der Waals surface area contributed by atoms with Crippen LogP contribution in [0.1, 0.15) is 62.7 Å². The van der Waals surface area contributed by atoms with Crippen LogP contribution < -0.4 is 10.5 Å². The van der Waals surface area contributed by atoms with Crippen molar-refractivity contribution >= 4 is 16.9 Å². The lowest BCUT2D eigenvalue weighted by molar-refractivity contribution is -0.123. The van der Waals surface area contributed by atoms with E-state index in [9.17, 15) is 4.79 Å². The number of nitrogens with two attached hydrogens (primary N) is 1. The van der Waals surface area contributed by atoms with E-state index in [1.807, 2.05) is 6.92 Å². The molecule has 0 radical (unpaired) electrons. The molecule has 0 bridgehead atoms. The highest BCUT2D eigenvalue weighted by Gasteiger charge is 2.29. The van der Waals surface area contributed by atoms with Gasteiger partial charge >= 0.3 is 0 Å². The lowest BCUT2D eigenvalue weighted by Crippen LogP contribution is -2.48. The van der Waals surface area contributed by atoms with Gasteiger partial charge in [0.2, 0.25) is 11.8 Å². The molecule has 1 saturated heterocycles. The first-order chi connectivity index (χ1) is 13.5. The normalized spacial score (nSPS) is 20.7. The third kappa shape index (κ3) is 3.36. The van der Waals surface area contributed by atoms with Crippen LogP contribution in [-0.4, -0.2) is 50.6 Å². The smallest absolute Gasteiger partial charge is 0.234 e. The Morgan fingerprint density at radius 3 is 2.50 bits per heavy atom. The SMILES string of the molecule is Cc1c(C)n(C2CCCC2)c2ncnc(OC3CCN([C@H](C)C(N)=O)CC3)c12. The fourth-order valence-corrected chi connectivity index (χ4v) is 4.81. The molecule has 2 N–H and O–H groups in total. The van der Waals surface area contributed by atoms with Gasteiger partial charge in [0.15, 0.2) is 0 Å². The second-order valence-electron chi connectivity index (χ2n) is 8.33. The number of hydrogen-bond acceptors (Lipinski definition) is 5. The zero-order valence-electron chi connectivity index (χ0n) is 17.1. The minimum absolute atomic E-state index is 0.101. The summed E-state index contributed by atoms with van der Waals surface area (Å²) in [5, 5.41) is 1.06. The highest BCUT2D eigenvalue weighted by molar-refractivity contribution is 5.86. The molecule has 7 heteroatoms. The molecule has 7 nitrogen and oxygen atoms in total. The Morgan fingerprint density at radius 2 is 1.86 bits per heavy atom. The average molecular weight is 386 g/mol. The van der Waals surface area contributed by atoms with Crippen molar-refractivity contribution in [1.29, 1.82) is 0 Å². The van der Waals surface area contributed by atoms with Crippen molar-refractivity contribution in [3.63, 3.8) is 0 Å². The molecule has 0 unspecified atom stereocenters. The second-order valence-corrected chi connectivity index (χ2v) is 8.33. The van der Waals surface area contributed by atoms with Gasteiger partial charge in [0.1, 0.15) is 18.1 Å². The number of likely N-dealkylation sites (tertiary alicyclic amines) is 1. The maximum Gasteiger partial charge on any atom is 0.234 e. The van der Waals surface area contributed by atoms with Crippen LogP contribution in [0, 0.1) is 13.8 Å². The summed E-state index contributed by atoms with van der Waals surface area (Å²) in [5.41, 5.74) is 8.94. The van der Waals surface area contributed by atoms with Gasteiger partial charge in [0.25, 0.3) is 0 Å². The largest absolute Gasteiger partial charge is 0.474 e. The van der Waals surface area contributed by atoms with Crippen LogP contribution in [0.5, 0.6) is 5.88 Å². The van der Waals surface area contributed by atoms with Gasteiger partial charge in [-0.3, -0.25) is 9.69 Å². The molecule has 0 aromatic carbocycles. The van der Waals surface area contributed by atoms with Crippen molar-refractivity contribution in [2.24, 2.45) is 5.73 Å². The monoisotopic (exact) mass is 385 g/mol. The van der Waals surface area contributed by atoms with E-state index in [1.54, 1.807) is 6.33 Å². The van der Waals surface area contributed by atoms with E-state index in [0.717, 1.165) is 37.0 Å². The topological polar surface area (TPSA) is 86.3 Å². The molecule has 1 aliphatic heterocycles. The van der Waals surface area contributed by atoms with Crippen molar-refractivity contribution in [2.75, 3.05) is 13.1 Å². The summed E-state index contributed by atoms with van der Waals surface area (Å²) in [6.07, 6.45) is 8.49. The van der Waals surface area contributed by atoms with E-state index >= 15 is 0 Å². The highest BCUT2D eigenvalue weighted by atomic mass is 16.5. The van der Waals surface area contributed by atoms with Crippen molar-refractivity contribution in [3.05, 3.63) is 17.6 Å². The molecule has 152 valence electrons. The fourth-order valence-electron chi connectivity index (χ4n) is 4.81. The number of hydrogen-bond donors (Lipinski definition) is 1. The minimum atomic E-state index is -0.267. The van der Waals surface area contributed by atoms with Crippen LogP contribution in [0.2, 0.25) is 0 Å². The number of ether oxygens (including phenoxy) is 1. The van der Waals surface area contributed by atoms with E-state index in [-0.39, 0.29) is 18.1 Å². The maximum atomic E-state index is 11.4. The van der Waals surface area contributed by atoms with Gasteiger partial charge in [-0.1, -0.05) is 12.8 Å². The fraction of sp³-hybridized carbons (Fsp3) is 0.667. The van der Waals surface area contributed by atoms with Gasteiger partial charge in [-0.05, 0) is 52.0 Å². The second kappa shape index (κ2) is 7.70. The molecular formula is C21H31N5O2. The molecule has 1 saturated carbocycles. The van der Waals surface area contributed by atoms with E-state index in [1.165, 1.54) is 36.9 Å². The quantitative estimate of drug-likeness (QED) is 0.855. The number of carbonyl (C=O) groups is 1. The predicted octanol–water partition coefficient (Wildman–Crippen LogP) is 2.88. The lowest BCUT2D eigenvalue weighted by atomic mass is 10.1. The predicted molar refractivity (Wildman–Crippen MR) is 108 cm³/mol. The molecule has 1 amide bonds. The number of fused-ring (bicyclic) bond motifs is 1. The molecule has 3 heterocycles. The molecule has 1 aliphatic carbocycles. The van der Waals surface area contributed by atoms with Crippen LogP contribution in [0.3, 0.4) is 0 Å². The number of carbonyl (C=O) groups excluding carboxylic acids is 1. The number of amides is 1. The van der Waals surface area contributed by atoms with E-state index in [4.69, 9.17) is 10.5 Å². The Morgan fingerprint density at radius 1 is 1.18 bits per heavy atom. The number of nitrogens with zero attached hydrogens (tertiary/aromatic N) is 4. The molecule has 4 rings (SSSR count). The molecule has 2 fully saturated rings. The Balaban J connectivity index is 1.55. The van der Waals surface area contributed by atoms with Crippen molar-refractivity contribution < 1.29 is 9.53 Å². The van der Waals surface area contributed by atoms with E-state index in [0.29, 0.717) is 11.9 Å². The first-order valence-electron chi connectivity index (χ1n) is 10.5. The number of primary amides is 1. The number of aryl methyl sites for hydroxylation is 1. The Kier molecular flexibility index (Phi) is 5.27. The van der Waals surface area contributed by atoms with Crippen molar-refractivity contribution in [2.45, 2.75) is 77.5 Å². The summed E-state index contributed by atoms with van der Waals surface area (Å²) in [6, 6.07) is 0.314. The van der Waals surface area contributed by atoms with Gasteiger partial charge in [-0.2, -0.15) is 0 Å². The standard InChI is InChI=1S/C21H31N5O2/c1-13-14(2)26(16-6-4-5-7-16)20-18(13)21(24-12-23-20)28-17-8-10-25(11-9-17)15(3)19(22)27/h12,15-17H,4-11H2,1-3H3,(H2,22,27)/t15-/m1/s1. The minimum Gasteiger partial charge on any atom is -0.474 e. The van der Waals surface area contributed by atoms with Gasteiger partial charge in [-0.15, -0.1) is 0 Å². The molecule has 2 aromatic rings. The van der Waals surface area contributed by atoms with Crippen LogP contribution in [0.15, 0.2) is 6.33 Å². The molecule has 0 spiro atoms. The summed E-state index contributed by atoms with van der Waals surface area (Å²) in [4.78, 5) is 22.7. The molecule has 1 atom stereocenters. The Bertz CT molecular complexity index is 863. The summed E-state index contributed by atoms with van der Waals surface area (Å²) in [7, 11) is 0. The molecular weight excluding hydrogens is 354 g/mol. The summed E-state index contributed by atoms with van der Waals surface area (Å²) >= 11 is 0. The molecule has 2 aliphatic rings. The van der Waals surface area contributed by atoms with Gasteiger partial charge in [0.05, 0.1) is 11.4 Å². The highest BCUT2D eigenvalue weighted by Crippen LogP contribution is 2.38. The Hall–Kier alpha value is -2.15. The van der Waals surface area contributed by atoms with Gasteiger partial charge in [-0.25, -0.2) is 9.97 Å². The van der Waals surface area contributed by atoms with Crippen molar-refractivity contribution in [3.8, 4) is 5.88 Å². The third-order valence-corrected chi connectivity index (χ3v) is 6.70. The van der Waals surface area contributed by atoms with Crippen LogP contribution in [0.4, 0.5) is 0 Å². The van der Waals surface area contributed by atoms with Crippen LogP contribution >= 0.6 is 0 Å². The summed E-state index contributed by atoms with van der Waals surface area (Å²) < 4.78 is 8.77. The summed E-state index contributed by atoms with van der Waals surface area (Å²) in [5.74, 6) is 0.431. The summed E-state index contributed by atoms with van der Waals surface area (Å²) in [6.45, 7) is 7.82. The van der Waals surface area contributed by atoms with E-state index < -0.39 is 0 Å². The average Bonchev–Trinajstić information content (AvgIpc) is 3.29. The third-order valence-electron chi connectivity index (χ3n) is 6.70. The van der Waals surface area contributed by atoms with Gasteiger partial charge in [0, 0.05) is 24.8 Å². The van der Waals surface area contributed by atoms with Crippen molar-refractivity contribution in [1.82, 2.24) is 19.4 Å². The number of rotatable bonds is 5. The van der Waals surface area contributed by atoms with Crippen LogP contribution in [0.25, 0.3) is 11.0 Å². The molecule has 2 aromatic heterocycles. The van der Waals surface area contributed by atoms with E-state index in [2.05, 4.69) is 33.3 Å².